The van der Waals surface area contributed by atoms with E-state index in [9.17, 15) is 5.11 Å². The fourth-order valence-electron chi connectivity index (χ4n) is 1.71. The fraction of sp³-hybridized carbons (Fsp3) is 0.571. The Labute approximate surface area is 98.3 Å². The van der Waals surface area contributed by atoms with Crippen LogP contribution in [0.4, 0.5) is 0 Å². The van der Waals surface area contributed by atoms with Gasteiger partial charge in [0.05, 0.1) is 13.2 Å². The molecular formula is C14H22O2. The lowest BCUT2D eigenvalue weighted by atomic mass is 10.0. The SMILES string of the molecule is CCC(O)CCCCc1ccc(OC)cc1. The molecule has 0 heterocycles. The van der Waals surface area contributed by atoms with Crippen molar-refractivity contribution in [1.29, 1.82) is 0 Å². The third-order valence-corrected chi connectivity index (χ3v) is 2.88. The molecule has 0 aromatic heterocycles. The maximum Gasteiger partial charge on any atom is 0.118 e. The number of hydrogen-bond donors (Lipinski definition) is 1. The van der Waals surface area contributed by atoms with Crippen LogP contribution in [0.15, 0.2) is 24.3 Å². The van der Waals surface area contributed by atoms with Crippen LogP contribution in [0.3, 0.4) is 0 Å². The Morgan fingerprint density at radius 1 is 1.19 bits per heavy atom. The molecule has 0 radical (unpaired) electrons. The number of methoxy groups -OCH3 is 1. The highest BCUT2D eigenvalue weighted by molar-refractivity contribution is 5.27. The van der Waals surface area contributed by atoms with E-state index in [2.05, 4.69) is 12.1 Å². The molecule has 0 spiro atoms. The van der Waals surface area contributed by atoms with Gasteiger partial charge < -0.3 is 9.84 Å². The summed E-state index contributed by atoms with van der Waals surface area (Å²) in [6, 6.07) is 8.20. The first-order valence-electron chi connectivity index (χ1n) is 6.07. The van der Waals surface area contributed by atoms with Crippen LogP contribution in [-0.4, -0.2) is 18.3 Å². The van der Waals surface area contributed by atoms with Crippen molar-refractivity contribution < 1.29 is 9.84 Å². The molecule has 0 aliphatic rings. The van der Waals surface area contributed by atoms with E-state index in [0.717, 1.165) is 37.9 Å². The van der Waals surface area contributed by atoms with E-state index >= 15 is 0 Å². The fourth-order valence-corrected chi connectivity index (χ4v) is 1.71. The van der Waals surface area contributed by atoms with E-state index in [1.54, 1.807) is 7.11 Å². The molecule has 0 saturated heterocycles. The lowest BCUT2D eigenvalue weighted by molar-refractivity contribution is 0.157. The molecular weight excluding hydrogens is 200 g/mol. The van der Waals surface area contributed by atoms with Gasteiger partial charge in [-0.3, -0.25) is 0 Å². The summed E-state index contributed by atoms with van der Waals surface area (Å²) in [5, 5.41) is 9.41. The van der Waals surface area contributed by atoms with Crippen molar-refractivity contribution in [3.8, 4) is 5.75 Å². The lowest BCUT2D eigenvalue weighted by Gasteiger charge is -2.07. The molecule has 1 aromatic carbocycles. The maximum atomic E-state index is 9.41. The van der Waals surface area contributed by atoms with Crippen molar-refractivity contribution in [3.63, 3.8) is 0 Å². The molecule has 1 aromatic rings. The van der Waals surface area contributed by atoms with Gasteiger partial charge >= 0.3 is 0 Å². The highest BCUT2D eigenvalue weighted by Gasteiger charge is 2.00. The van der Waals surface area contributed by atoms with Gasteiger partial charge in [-0.25, -0.2) is 0 Å². The van der Waals surface area contributed by atoms with Gasteiger partial charge in [-0.15, -0.1) is 0 Å². The Bertz CT molecular complexity index is 279. The summed E-state index contributed by atoms with van der Waals surface area (Å²) in [5.74, 6) is 0.908. The first-order chi connectivity index (χ1) is 7.76. The second-order valence-corrected chi connectivity index (χ2v) is 4.16. The molecule has 0 bridgehead atoms. The van der Waals surface area contributed by atoms with E-state index in [1.165, 1.54) is 5.56 Å². The Morgan fingerprint density at radius 3 is 2.44 bits per heavy atom. The normalized spacial score (nSPS) is 12.4. The molecule has 0 aliphatic heterocycles. The minimum absolute atomic E-state index is 0.115. The molecule has 2 nitrogen and oxygen atoms in total. The zero-order valence-electron chi connectivity index (χ0n) is 10.3. The lowest BCUT2D eigenvalue weighted by Crippen LogP contribution is -2.03. The molecule has 1 rings (SSSR count). The monoisotopic (exact) mass is 222 g/mol. The van der Waals surface area contributed by atoms with Gasteiger partial charge in [0, 0.05) is 0 Å². The second kappa shape index (κ2) is 7.29. The van der Waals surface area contributed by atoms with Crippen LogP contribution in [0.2, 0.25) is 0 Å². The van der Waals surface area contributed by atoms with E-state index in [-0.39, 0.29) is 6.10 Å². The van der Waals surface area contributed by atoms with Crippen molar-refractivity contribution in [2.24, 2.45) is 0 Å². The van der Waals surface area contributed by atoms with Crippen LogP contribution in [0.5, 0.6) is 5.75 Å². The largest absolute Gasteiger partial charge is 0.497 e. The summed E-state index contributed by atoms with van der Waals surface area (Å²) in [4.78, 5) is 0. The molecule has 0 fully saturated rings. The number of aryl methyl sites for hydroxylation is 1. The predicted octanol–water partition coefficient (Wildman–Crippen LogP) is 3.18. The average molecular weight is 222 g/mol. The van der Waals surface area contributed by atoms with Crippen LogP contribution in [0, 0.1) is 0 Å². The number of benzene rings is 1. The first kappa shape index (κ1) is 13.0. The van der Waals surface area contributed by atoms with Crippen molar-refractivity contribution >= 4 is 0 Å². The molecule has 1 N–H and O–H groups in total. The summed E-state index contributed by atoms with van der Waals surface area (Å²) >= 11 is 0. The second-order valence-electron chi connectivity index (χ2n) is 4.16. The van der Waals surface area contributed by atoms with Crippen molar-refractivity contribution in [2.75, 3.05) is 7.11 Å². The van der Waals surface area contributed by atoms with Gasteiger partial charge in [-0.05, 0) is 43.4 Å². The van der Waals surface area contributed by atoms with Gasteiger partial charge in [0.15, 0.2) is 0 Å². The van der Waals surface area contributed by atoms with Crippen LogP contribution in [0.25, 0.3) is 0 Å². The number of ether oxygens (including phenoxy) is 1. The number of unbranched alkanes of at least 4 members (excludes halogenated alkanes) is 1. The zero-order chi connectivity index (χ0) is 11.8. The third-order valence-electron chi connectivity index (χ3n) is 2.88. The van der Waals surface area contributed by atoms with Gasteiger partial charge in [0.25, 0.3) is 0 Å². The van der Waals surface area contributed by atoms with Gasteiger partial charge in [-0.1, -0.05) is 25.5 Å². The quantitative estimate of drug-likeness (QED) is 0.718. The van der Waals surface area contributed by atoms with E-state index < -0.39 is 0 Å². The Morgan fingerprint density at radius 2 is 1.88 bits per heavy atom. The smallest absolute Gasteiger partial charge is 0.118 e. The summed E-state index contributed by atoms with van der Waals surface area (Å²) in [6.45, 7) is 2.02. The number of aliphatic hydroxyl groups is 1. The summed E-state index contributed by atoms with van der Waals surface area (Å²) in [5.41, 5.74) is 1.34. The topological polar surface area (TPSA) is 29.5 Å². The molecule has 1 unspecified atom stereocenters. The molecule has 2 heteroatoms. The van der Waals surface area contributed by atoms with Crippen molar-refractivity contribution in [2.45, 2.75) is 45.1 Å². The van der Waals surface area contributed by atoms with E-state index in [0.29, 0.717) is 0 Å². The van der Waals surface area contributed by atoms with Gasteiger partial charge in [0.2, 0.25) is 0 Å². The minimum atomic E-state index is -0.115. The number of rotatable bonds is 7. The molecule has 1 atom stereocenters. The predicted molar refractivity (Wildman–Crippen MR) is 66.8 cm³/mol. The standard InChI is InChI=1S/C14H22O2/c1-3-13(15)7-5-4-6-12-8-10-14(16-2)11-9-12/h8-11,13,15H,3-7H2,1-2H3. The van der Waals surface area contributed by atoms with E-state index in [4.69, 9.17) is 4.74 Å². The Kier molecular flexibility index (Phi) is 5.94. The summed E-state index contributed by atoms with van der Waals surface area (Å²) in [6.07, 6.45) is 5.00. The first-order valence-corrected chi connectivity index (χ1v) is 6.07. The van der Waals surface area contributed by atoms with Crippen LogP contribution < -0.4 is 4.74 Å². The van der Waals surface area contributed by atoms with Crippen LogP contribution >= 0.6 is 0 Å². The Balaban J connectivity index is 2.21. The van der Waals surface area contributed by atoms with Crippen LogP contribution in [-0.2, 0) is 6.42 Å². The van der Waals surface area contributed by atoms with Crippen LogP contribution in [0.1, 0.15) is 38.2 Å². The van der Waals surface area contributed by atoms with Gasteiger partial charge in [-0.2, -0.15) is 0 Å². The molecule has 90 valence electrons. The van der Waals surface area contributed by atoms with Crippen molar-refractivity contribution in [1.82, 2.24) is 0 Å². The maximum absolute atomic E-state index is 9.41. The zero-order valence-corrected chi connectivity index (χ0v) is 10.3. The van der Waals surface area contributed by atoms with E-state index in [1.807, 2.05) is 19.1 Å². The summed E-state index contributed by atoms with van der Waals surface area (Å²) < 4.78 is 5.11. The molecule has 16 heavy (non-hydrogen) atoms. The average Bonchev–Trinajstić information content (AvgIpc) is 2.35. The molecule has 0 amide bonds. The minimum Gasteiger partial charge on any atom is -0.497 e. The number of hydrogen-bond acceptors (Lipinski definition) is 2. The summed E-state index contributed by atoms with van der Waals surface area (Å²) in [7, 11) is 1.68. The molecule has 0 aliphatic carbocycles. The van der Waals surface area contributed by atoms with Crippen molar-refractivity contribution in [3.05, 3.63) is 29.8 Å². The highest BCUT2D eigenvalue weighted by atomic mass is 16.5. The third kappa shape index (κ3) is 4.67. The molecule has 0 saturated carbocycles. The van der Waals surface area contributed by atoms with Gasteiger partial charge in [0.1, 0.15) is 5.75 Å². The Hall–Kier alpha value is -1.02. The highest BCUT2D eigenvalue weighted by Crippen LogP contribution is 2.14. The number of aliphatic hydroxyl groups excluding tert-OH is 1.